The lowest BCUT2D eigenvalue weighted by Gasteiger charge is -2.30. The minimum Gasteiger partial charge on any atom is -0.481 e. The SMILES string of the molecule is CC(CN(CCO)CCN1CCCCC1)C(=O)O. The van der Waals surface area contributed by atoms with Gasteiger partial charge in [0, 0.05) is 26.2 Å². The molecule has 18 heavy (non-hydrogen) atoms. The molecule has 5 heteroatoms. The highest BCUT2D eigenvalue weighted by atomic mass is 16.4. The first kappa shape index (κ1) is 15.4. The van der Waals surface area contributed by atoms with Crippen LogP contribution in [0.4, 0.5) is 0 Å². The Morgan fingerprint density at radius 3 is 2.50 bits per heavy atom. The summed E-state index contributed by atoms with van der Waals surface area (Å²) in [6.45, 7) is 7.02. The van der Waals surface area contributed by atoms with Crippen molar-refractivity contribution in [3.63, 3.8) is 0 Å². The van der Waals surface area contributed by atoms with Gasteiger partial charge >= 0.3 is 5.97 Å². The number of piperidine rings is 1. The molecule has 1 saturated heterocycles. The van der Waals surface area contributed by atoms with E-state index in [9.17, 15) is 4.79 Å². The average molecular weight is 258 g/mol. The second kappa shape index (κ2) is 8.45. The third-order valence-corrected chi connectivity index (χ3v) is 3.55. The lowest BCUT2D eigenvalue weighted by molar-refractivity contribution is -0.141. The van der Waals surface area contributed by atoms with Gasteiger partial charge in [-0.1, -0.05) is 13.3 Å². The third kappa shape index (κ3) is 5.80. The standard InChI is InChI=1S/C13H26N2O3/c1-12(13(17)18)11-15(9-10-16)8-7-14-5-3-2-4-6-14/h12,16H,2-11H2,1H3,(H,17,18). The average Bonchev–Trinajstić information content (AvgIpc) is 2.37. The minimum atomic E-state index is -0.768. The Labute approximate surface area is 109 Å². The summed E-state index contributed by atoms with van der Waals surface area (Å²) >= 11 is 0. The number of carboxylic acid groups (broad SMARTS) is 1. The summed E-state index contributed by atoms with van der Waals surface area (Å²) in [5.74, 6) is -1.14. The van der Waals surface area contributed by atoms with Gasteiger partial charge in [-0.3, -0.25) is 9.69 Å². The molecular formula is C13H26N2O3. The maximum absolute atomic E-state index is 10.8. The molecule has 0 bridgehead atoms. The predicted octanol–water partition coefficient (Wildman–Crippen LogP) is 0.487. The second-order valence-electron chi connectivity index (χ2n) is 5.17. The number of hydrogen-bond donors (Lipinski definition) is 2. The molecule has 1 heterocycles. The van der Waals surface area contributed by atoms with Crippen LogP contribution in [-0.2, 0) is 4.79 Å². The normalized spacial score (nSPS) is 19.1. The first-order chi connectivity index (χ1) is 8.63. The van der Waals surface area contributed by atoms with E-state index in [4.69, 9.17) is 10.2 Å². The minimum absolute atomic E-state index is 0.0896. The summed E-state index contributed by atoms with van der Waals surface area (Å²) in [7, 11) is 0. The Hall–Kier alpha value is -0.650. The van der Waals surface area contributed by atoms with Crippen LogP contribution in [0.15, 0.2) is 0 Å². The van der Waals surface area contributed by atoms with Gasteiger partial charge in [-0.25, -0.2) is 0 Å². The number of hydrogen-bond acceptors (Lipinski definition) is 4. The van der Waals surface area contributed by atoms with Crippen LogP contribution in [-0.4, -0.2) is 71.9 Å². The zero-order chi connectivity index (χ0) is 13.4. The molecule has 0 spiro atoms. The molecule has 5 nitrogen and oxygen atoms in total. The van der Waals surface area contributed by atoms with Gasteiger partial charge in [-0.05, 0) is 25.9 Å². The summed E-state index contributed by atoms with van der Waals surface area (Å²) in [5.41, 5.74) is 0. The Morgan fingerprint density at radius 2 is 1.94 bits per heavy atom. The fourth-order valence-electron chi connectivity index (χ4n) is 2.37. The van der Waals surface area contributed by atoms with Crippen molar-refractivity contribution in [3.8, 4) is 0 Å². The Bertz CT molecular complexity index is 242. The highest BCUT2D eigenvalue weighted by Gasteiger charge is 2.17. The van der Waals surface area contributed by atoms with Gasteiger partial charge in [0.25, 0.3) is 0 Å². The van der Waals surface area contributed by atoms with Crippen LogP contribution in [0.2, 0.25) is 0 Å². The molecule has 1 atom stereocenters. The van der Waals surface area contributed by atoms with Crippen LogP contribution in [0.25, 0.3) is 0 Å². The van der Waals surface area contributed by atoms with Gasteiger partial charge in [-0.2, -0.15) is 0 Å². The smallest absolute Gasteiger partial charge is 0.307 e. The zero-order valence-electron chi connectivity index (χ0n) is 11.3. The second-order valence-corrected chi connectivity index (χ2v) is 5.17. The molecule has 1 unspecified atom stereocenters. The summed E-state index contributed by atoms with van der Waals surface area (Å²) in [6.07, 6.45) is 3.87. The van der Waals surface area contributed by atoms with Gasteiger partial charge in [0.2, 0.25) is 0 Å². The van der Waals surface area contributed by atoms with Gasteiger partial charge < -0.3 is 15.1 Å². The molecule has 106 valence electrons. The molecular weight excluding hydrogens is 232 g/mol. The van der Waals surface area contributed by atoms with Crippen molar-refractivity contribution in [2.45, 2.75) is 26.2 Å². The summed E-state index contributed by atoms with van der Waals surface area (Å²) < 4.78 is 0. The zero-order valence-corrected chi connectivity index (χ0v) is 11.3. The van der Waals surface area contributed by atoms with Crippen molar-refractivity contribution in [1.29, 1.82) is 0 Å². The summed E-state index contributed by atoms with van der Waals surface area (Å²) in [6, 6.07) is 0. The van der Waals surface area contributed by atoms with Gasteiger partial charge in [0.15, 0.2) is 0 Å². The van der Waals surface area contributed by atoms with Crippen molar-refractivity contribution in [2.75, 3.05) is 45.9 Å². The van der Waals surface area contributed by atoms with E-state index in [2.05, 4.69) is 4.90 Å². The van der Waals surface area contributed by atoms with Crippen molar-refractivity contribution in [2.24, 2.45) is 5.92 Å². The lowest BCUT2D eigenvalue weighted by Crippen LogP contribution is -2.41. The molecule has 0 aliphatic carbocycles. The Morgan fingerprint density at radius 1 is 1.28 bits per heavy atom. The van der Waals surface area contributed by atoms with E-state index in [1.54, 1.807) is 6.92 Å². The molecule has 0 amide bonds. The number of nitrogens with zero attached hydrogens (tertiary/aromatic N) is 2. The summed E-state index contributed by atoms with van der Waals surface area (Å²) in [5, 5.41) is 17.9. The van der Waals surface area contributed by atoms with Gasteiger partial charge in [0.1, 0.15) is 0 Å². The topological polar surface area (TPSA) is 64.0 Å². The maximum atomic E-state index is 10.8. The van der Waals surface area contributed by atoms with E-state index < -0.39 is 5.97 Å². The highest BCUT2D eigenvalue weighted by molar-refractivity contribution is 5.69. The molecule has 1 aliphatic rings. The Balaban J connectivity index is 2.29. The number of rotatable bonds is 8. The Kier molecular flexibility index (Phi) is 7.23. The number of carboxylic acids is 1. The number of carbonyl (C=O) groups is 1. The number of aliphatic hydroxyl groups is 1. The van der Waals surface area contributed by atoms with Crippen LogP contribution in [0.3, 0.4) is 0 Å². The largest absolute Gasteiger partial charge is 0.481 e. The van der Waals surface area contributed by atoms with E-state index in [1.165, 1.54) is 19.3 Å². The van der Waals surface area contributed by atoms with E-state index in [-0.39, 0.29) is 12.5 Å². The highest BCUT2D eigenvalue weighted by Crippen LogP contribution is 2.08. The molecule has 0 saturated carbocycles. The molecule has 0 aromatic rings. The predicted molar refractivity (Wildman–Crippen MR) is 70.6 cm³/mol. The molecule has 2 N–H and O–H groups in total. The maximum Gasteiger partial charge on any atom is 0.307 e. The fraction of sp³-hybridized carbons (Fsp3) is 0.923. The van der Waals surface area contributed by atoms with Crippen LogP contribution in [0.5, 0.6) is 0 Å². The first-order valence-corrected chi connectivity index (χ1v) is 6.92. The number of likely N-dealkylation sites (tertiary alicyclic amines) is 1. The number of aliphatic hydroxyl groups excluding tert-OH is 1. The monoisotopic (exact) mass is 258 g/mol. The van der Waals surface area contributed by atoms with Crippen LogP contribution >= 0.6 is 0 Å². The van der Waals surface area contributed by atoms with Crippen LogP contribution < -0.4 is 0 Å². The third-order valence-electron chi connectivity index (χ3n) is 3.55. The molecule has 1 rings (SSSR count). The molecule has 0 radical (unpaired) electrons. The van der Waals surface area contributed by atoms with Crippen molar-refractivity contribution in [1.82, 2.24) is 9.80 Å². The lowest BCUT2D eigenvalue weighted by atomic mass is 10.1. The molecule has 1 aliphatic heterocycles. The van der Waals surface area contributed by atoms with E-state index in [0.29, 0.717) is 13.1 Å². The van der Waals surface area contributed by atoms with Crippen LogP contribution in [0.1, 0.15) is 26.2 Å². The molecule has 0 aromatic carbocycles. The van der Waals surface area contributed by atoms with Crippen LogP contribution in [0, 0.1) is 5.92 Å². The van der Waals surface area contributed by atoms with Crippen molar-refractivity contribution >= 4 is 5.97 Å². The van der Waals surface area contributed by atoms with Gasteiger partial charge in [-0.15, -0.1) is 0 Å². The molecule has 1 fully saturated rings. The fourth-order valence-corrected chi connectivity index (χ4v) is 2.37. The quantitative estimate of drug-likeness (QED) is 0.663. The van der Waals surface area contributed by atoms with E-state index in [0.717, 1.165) is 26.2 Å². The number of aliphatic carboxylic acids is 1. The van der Waals surface area contributed by atoms with Crippen molar-refractivity contribution in [3.05, 3.63) is 0 Å². The first-order valence-electron chi connectivity index (χ1n) is 6.92. The summed E-state index contributed by atoms with van der Waals surface area (Å²) in [4.78, 5) is 15.3. The van der Waals surface area contributed by atoms with E-state index >= 15 is 0 Å². The van der Waals surface area contributed by atoms with Gasteiger partial charge in [0.05, 0.1) is 12.5 Å². The van der Waals surface area contributed by atoms with E-state index in [1.807, 2.05) is 4.90 Å². The van der Waals surface area contributed by atoms with Crippen molar-refractivity contribution < 1.29 is 15.0 Å². The molecule has 0 aromatic heterocycles.